The molecule has 3 aliphatic heterocycles. The minimum Gasteiger partial charge on any atom is -0.370 e. The number of fused-ring (bicyclic) bond motifs is 1. The van der Waals surface area contributed by atoms with Crippen molar-refractivity contribution in [3.8, 4) is 0 Å². The molecule has 1 amide bonds. The van der Waals surface area contributed by atoms with Crippen molar-refractivity contribution in [3.63, 3.8) is 0 Å². The van der Waals surface area contributed by atoms with E-state index in [4.69, 9.17) is 10.5 Å². The van der Waals surface area contributed by atoms with E-state index < -0.39 is 17.7 Å². The van der Waals surface area contributed by atoms with E-state index in [0.717, 1.165) is 44.6 Å². The normalized spacial score (nSPS) is 36.4. The lowest BCUT2D eigenvalue weighted by Crippen LogP contribution is -2.58. The van der Waals surface area contributed by atoms with Crippen LogP contribution in [0.15, 0.2) is 18.2 Å². The van der Waals surface area contributed by atoms with Crippen molar-refractivity contribution >= 4 is 5.91 Å². The molecule has 1 aliphatic carbocycles. The largest absolute Gasteiger partial charge is 0.370 e. The van der Waals surface area contributed by atoms with Crippen molar-refractivity contribution in [1.29, 1.82) is 0 Å². The number of hydrogen-bond acceptors (Lipinski definition) is 4. The highest BCUT2D eigenvalue weighted by molar-refractivity contribution is 5.82. The zero-order valence-corrected chi connectivity index (χ0v) is 15.2. The zero-order valence-electron chi connectivity index (χ0n) is 15.2. The number of nitrogens with zero attached hydrogens (tertiary/aromatic N) is 2. The molecule has 3 heterocycles. The fraction of sp³-hybridized carbons (Fsp3) is 0.650. The molecule has 0 radical (unpaired) electrons. The number of hydrogen-bond donors (Lipinski definition) is 1. The first kappa shape index (κ1) is 17.5. The maximum Gasteiger partial charge on any atom is 0.225 e. The van der Waals surface area contributed by atoms with E-state index >= 15 is 0 Å². The highest BCUT2D eigenvalue weighted by atomic mass is 19.1. The second kappa shape index (κ2) is 6.50. The number of nitrogens with two attached hydrogens (primary N) is 1. The van der Waals surface area contributed by atoms with Gasteiger partial charge in [-0.25, -0.2) is 8.78 Å². The highest BCUT2D eigenvalue weighted by Gasteiger charge is 2.52. The standard InChI is InChI=1S/C20H25F2N3O2/c21-13-3-4-16(22)15(5-13)19-17(23)6-14(10-27-19)24-7-12-8-25(18(12)9-24)20(26)11-1-2-11/h3-5,11-12,14,17-19H,1-2,6-10,23H2/t12?,14-,17+,18?,19-/m1/s1. The molecule has 0 bridgehead atoms. The number of amides is 1. The van der Waals surface area contributed by atoms with E-state index in [9.17, 15) is 13.6 Å². The van der Waals surface area contributed by atoms with Gasteiger partial charge in [0.1, 0.15) is 17.7 Å². The summed E-state index contributed by atoms with van der Waals surface area (Å²) in [5.74, 6) is 0.177. The molecule has 146 valence electrons. The Kier molecular flexibility index (Phi) is 4.22. The molecule has 5 rings (SSSR count). The minimum atomic E-state index is -0.621. The Balaban J connectivity index is 1.22. The Bertz CT molecular complexity index is 757. The molecule has 5 atom stereocenters. The Morgan fingerprint density at radius 3 is 2.74 bits per heavy atom. The van der Waals surface area contributed by atoms with Gasteiger partial charge in [-0.1, -0.05) is 0 Å². The van der Waals surface area contributed by atoms with Crippen molar-refractivity contribution in [2.45, 2.75) is 43.5 Å². The Hall–Kier alpha value is -1.57. The third-order valence-electron chi connectivity index (χ3n) is 6.66. The lowest BCUT2D eigenvalue weighted by Gasteiger charge is -2.44. The van der Waals surface area contributed by atoms with Gasteiger partial charge in [-0.15, -0.1) is 0 Å². The van der Waals surface area contributed by atoms with Crippen molar-refractivity contribution in [2.75, 3.05) is 26.2 Å². The van der Waals surface area contributed by atoms with Gasteiger partial charge < -0.3 is 15.4 Å². The number of halogens is 2. The van der Waals surface area contributed by atoms with E-state index in [-0.39, 0.29) is 23.6 Å². The van der Waals surface area contributed by atoms with Crippen LogP contribution in [0.3, 0.4) is 0 Å². The molecule has 1 aromatic carbocycles. The van der Waals surface area contributed by atoms with Crippen LogP contribution >= 0.6 is 0 Å². The number of carbonyl (C=O) groups is 1. The molecule has 2 unspecified atom stereocenters. The lowest BCUT2D eigenvalue weighted by molar-refractivity contribution is -0.142. The molecule has 4 fully saturated rings. The molecule has 5 nitrogen and oxygen atoms in total. The Labute approximate surface area is 157 Å². The molecular formula is C20H25F2N3O2. The van der Waals surface area contributed by atoms with Crippen molar-refractivity contribution in [2.24, 2.45) is 17.6 Å². The first-order chi connectivity index (χ1) is 13.0. The monoisotopic (exact) mass is 377 g/mol. The van der Waals surface area contributed by atoms with E-state index in [0.29, 0.717) is 30.9 Å². The lowest BCUT2D eigenvalue weighted by atomic mass is 9.91. The van der Waals surface area contributed by atoms with Gasteiger partial charge in [0, 0.05) is 49.1 Å². The second-order valence-electron chi connectivity index (χ2n) is 8.52. The van der Waals surface area contributed by atoms with Gasteiger partial charge in [0.15, 0.2) is 0 Å². The molecule has 0 spiro atoms. The molecule has 7 heteroatoms. The van der Waals surface area contributed by atoms with Crippen molar-refractivity contribution < 1.29 is 18.3 Å². The van der Waals surface area contributed by atoms with Crippen LogP contribution in [0, 0.1) is 23.5 Å². The van der Waals surface area contributed by atoms with E-state index in [1.54, 1.807) is 0 Å². The summed E-state index contributed by atoms with van der Waals surface area (Å²) in [4.78, 5) is 16.7. The molecule has 1 aromatic rings. The molecule has 4 aliphatic rings. The van der Waals surface area contributed by atoms with Gasteiger partial charge in [-0.05, 0) is 37.5 Å². The fourth-order valence-electron chi connectivity index (χ4n) is 4.94. The quantitative estimate of drug-likeness (QED) is 0.871. The molecule has 2 N–H and O–H groups in total. The third-order valence-corrected chi connectivity index (χ3v) is 6.66. The molecule has 0 aromatic heterocycles. The number of rotatable bonds is 3. The average molecular weight is 377 g/mol. The first-order valence-electron chi connectivity index (χ1n) is 9.88. The first-order valence-corrected chi connectivity index (χ1v) is 9.88. The summed E-state index contributed by atoms with van der Waals surface area (Å²) in [7, 11) is 0. The van der Waals surface area contributed by atoms with Gasteiger partial charge in [0.25, 0.3) is 0 Å². The smallest absolute Gasteiger partial charge is 0.225 e. The van der Waals surface area contributed by atoms with Crippen LogP contribution < -0.4 is 5.73 Å². The minimum absolute atomic E-state index is 0.163. The SMILES string of the molecule is N[C@H]1C[C@@H](N2CC3CN(C(=O)C4CC4)C3C2)CO[C@@H]1c1cc(F)ccc1F. The summed E-state index contributed by atoms with van der Waals surface area (Å²) >= 11 is 0. The number of likely N-dealkylation sites (tertiary alicyclic amines) is 2. The topological polar surface area (TPSA) is 58.8 Å². The van der Waals surface area contributed by atoms with Gasteiger partial charge in [0.2, 0.25) is 5.91 Å². The number of benzene rings is 1. The van der Waals surface area contributed by atoms with Gasteiger partial charge in [-0.2, -0.15) is 0 Å². The number of carbonyl (C=O) groups excluding carboxylic acids is 1. The second-order valence-corrected chi connectivity index (χ2v) is 8.52. The molecular weight excluding hydrogens is 352 g/mol. The Morgan fingerprint density at radius 1 is 1.19 bits per heavy atom. The van der Waals surface area contributed by atoms with Crippen LogP contribution in [0.1, 0.15) is 30.9 Å². The average Bonchev–Trinajstić information content (AvgIpc) is 3.43. The Morgan fingerprint density at radius 2 is 2.00 bits per heavy atom. The van der Waals surface area contributed by atoms with Gasteiger partial charge in [0.05, 0.1) is 12.6 Å². The van der Waals surface area contributed by atoms with Crippen LogP contribution in [0.4, 0.5) is 8.78 Å². The van der Waals surface area contributed by atoms with Crippen LogP contribution in [0.25, 0.3) is 0 Å². The van der Waals surface area contributed by atoms with E-state index in [1.165, 1.54) is 6.07 Å². The molecule has 3 saturated heterocycles. The maximum atomic E-state index is 14.1. The predicted molar refractivity (Wildman–Crippen MR) is 94.7 cm³/mol. The molecule has 27 heavy (non-hydrogen) atoms. The predicted octanol–water partition coefficient (Wildman–Crippen LogP) is 1.67. The van der Waals surface area contributed by atoms with E-state index in [2.05, 4.69) is 9.80 Å². The van der Waals surface area contributed by atoms with Crippen LogP contribution in [0.2, 0.25) is 0 Å². The number of ether oxygens (including phenoxy) is 1. The summed E-state index contributed by atoms with van der Waals surface area (Å²) < 4.78 is 33.5. The summed E-state index contributed by atoms with van der Waals surface area (Å²) in [6, 6.07) is 3.50. The van der Waals surface area contributed by atoms with Crippen LogP contribution in [-0.4, -0.2) is 60.1 Å². The van der Waals surface area contributed by atoms with Crippen LogP contribution in [0.5, 0.6) is 0 Å². The van der Waals surface area contributed by atoms with Crippen LogP contribution in [-0.2, 0) is 9.53 Å². The summed E-state index contributed by atoms with van der Waals surface area (Å²) in [6.07, 6.45) is 2.14. The summed E-state index contributed by atoms with van der Waals surface area (Å²) in [5, 5.41) is 0. The molecule has 1 saturated carbocycles. The van der Waals surface area contributed by atoms with E-state index in [1.807, 2.05) is 0 Å². The highest BCUT2D eigenvalue weighted by Crippen LogP contribution is 2.40. The fourth-order valence-corrected chi connectivity index (χ4v) is 4.94. The third kappa shape index (κ3) is 3.05. The van der Waals surface area contributed by atoms with Gasteiger partial charge >= 0.3 is 0 Å². The maximum absolute atomic E-state index is 14.1. The summed E-state index contributed by atoms with van der Waals surface area (Å²) in [5.41, 5.74) is 6.49. The zero-order chi connectivity index (χ0) is 18.7. The van der Waals surface area contributed by atoms with Crippen molar-refractivity contribution in [1.82, 2.24) is 9.80 Å². The van der Waals surface area contributed by atoms with Gasteiger partial charge in [-0.3, -0.25) is 9.69 Å². The summed E-state index contributed by atoms with van der Waals surface area (Å²) in [6.45, 7) is 3.14. The van der Waals surface area contributed by atoms with Crippen molar-refractivity contribution in [3.05, 3.63) is 35.4 Å².